The van der Waals surface area contributed by atoms with Gasteiger partial charge in [-0.15, -0.1) is 0 Å². The predicted molar refractivity (Wildman–Crippen MR) is 33.6 cm³/mol. The van der Waals surface area contributed by atoms with Crippen LogP contribution in [0.2, 0.25) is 5.15 Å². The van der Waals surface area contributed by atoms with E-state index in [0.29, 0.717) is 5.15 Å². The van der Waals surface area contributed by atoms with E-state index < -0.39 is 0 Å². The monoisotopic (exact) mass is 128 g/mol. The number of aromatic nitrogens is 2. The molecule has 8 heavy (non-hydrogen) atoms. The molecule has 0 bridgehead atoms. The molecule has 0 aliphatic heterocycles. The van der Waals surface area contributed by atoms with E-state index in [1.54, 1.807) is 23.3 Å². The molecule has 1 heterocycles. The number of rotatable bonds is 1. The third-order valence-electron chi connectivity index (χ3n) is 0.781. The van der Waals surface area contributed by atoms with E-state index in [1.165, 1.54) is 0 Å². The lowest BCUT2D eigenvalue weighted by atomic mass is 10.8. The SMILES string of the molecule is C=Cn1cnc(Cl)c1. The van der Waals surface area contributed by atoms with Crippen LogP contribution in [0.5, 0.6) is 0 Å². The van der Waals surface area contributed by atoms with Gasteiger partial charge in [-0.3, -0.25) is 0 Å². The molecule has 0 aromatic carbocycles. The second-order valence-electron chi connectivity index (χ2n) is 1.33. The molecular weight excluding hydrogens is 124 g/mol. The van der Waals surface area contributed by atoms with Crippen molar-refractivity contribution < 1.29 is 0 Å². The summed E-state index contributed by atoms with van der Waals surface area (Å²) in [5.74, 6) is 0. The number of imidazole rings is 1. The molecule has 0 unspecified atom stereocenters. The van der Waals surface area contributed by atoms with Crippen molar-refractivity contribution in [2.75, 3.05) is 0 Å². The Hall–Kier alpha value is -0.760. The molecule has 0 aliphatic rings. The second-order valence-corrected chi connectivity index (χ2v) is 1.71. The summed E-state index contributed by atoms with van der Waals surface area (Å²) >= 11 is 5.46. The van der Waals surface area contributed by atoms with Gasteiger partial charge >= 0.3 is 0 Å². The van der Waals surface area contributed by atoms with E-state index in [4.69, 9.17) is 11.6 Å². The van der Waals surface area contributed by atoms with Crippen molar-refractivity contribution in [3.05, 3.63) is 24.3 Å². The molecule has 0 amide bonds. The number of hydrogen-bond donors (Lipinski definition) is 0. The molecule has 1 aromatic heterocycles. The molecule has 42 valence electrons. The molecular formula is C5H5ClN2. The van der Waals surface area contributed by atoms with Crippen LogP contribution in [0.1, 0.15) is 0 Å². The fourth-order valence-electron chi connectivity index (χ4n) is 0.411. The van der Waals surface area contributed by atoms with Crippen LogP contribution in [-0.2, 0) is 0 Å². The van der Waals surface area contributed by atoms with Crippen molar-refractivity contribution in [3.8, 4) is 0 Å². The minimum absolute atomic E-state index is 0.491. The van der Waals surface area contributed by atoms with Crippen LogP contribution in [0.25, 0.3) is 6.20 Å². The van der Waals surface area contributed by atoms with Crippen molar-refractivity contribution in [3.63, 3.8) is 0 Å². The maximum atomic E-state index is 5.46. The van der Waals surface area contributed by atoms with Gasteiger partial charge in [0.15, 0.2) is 0 Å². The van der Waals surface area contributed by atoms with Crippen LogP contribution in [0.3, 0.4) is 0 Å². The molecule has 0 N–H and O–H groups in total. The minimum atomic E-state index is 0.491. The van der Waals surface area contributed by atoms with E-state index >= 15 is 0 Å². The first-order chi connectivity index (χ1) is 3.83. The third-order valence-corrected chi connectivity index (χ3v) is 0.976. The summed E-state index contributed by atoms with van der Waals surface area (Å²) in [6.07, 6.45) is 4.89. The summed E-state index contributed by atoms with van der Waals surface area (Å²) < 4.78 is 1.68. The van der Waals surface area contributed by atoms with Crippen LogP contribution >= 0.6 is 11.6 Å². The van der Waals surface area contributed by atoms with Gasteiger partial charge in [0.05, 0.1) is 0 Å². The highest BCUT2D eigenvalue weighted by Crippen LogP contribution is 2.01. The fourth-order valence-corrected chi connectivity index (χ4v) is 0.568. The van der Waals surface area contributed by atoms with E-state index in [2.05, 4.69) is 11.6 Å². The Morgan fingerprint density at radius 3 is 2.88 bits per heavy atom. The smallest absolute Gasteiger partial charge is 0.147 e. The molecule has 0 radical (unpaired) electrons. The third kappa shape index (κ3) is 0.898. The van der Waals surface area contributed by atoms with Crippen LogP contribution in [0.4, 0.5) is 0 Å². The zero-order valence-corrected chi connectivity index (χ0v) is 4.97. The van der Waals surface area contributed by atoms with Gasteiger partial charge in [-0.05, 0) is 0 Å². The summed E-state index contributed by atoms with van der Waals surface area (Å²) in [7, 11) is 0. The van der Waals surface area contributed by atoms with Gasteiger partial charge in [-0.1, -0.05) is 18.2 Å². The zero-order chi connectivity index (χ0) is 5.98. The fraction of sp³-hybridized carbons (Fsp3) is 0. The van der Waals surface area contributed by atoms with Crippen LogP contribution in [0.15, 0.2) is 19.1 Å². The molecule has 0 atom stereocenters. The average Bonchev–Trinajstić information content (AvgIpc) is 2.14. The van der Waals surface area contributed by atoms with E-state index in [0.717, 1.165) is 0 Å². The molecule has 1 aromatic rings. The van der Waals surface area contributed by atoms with Crippen molar-refractivity contribution in [2.45, 2.75) is 0 Å². The number of nitrogens with zero attached hydrogens (tertiary/aromatic N) is 2. The van der Waals surface area contributed by atoms with Gasteiger partial charge in [0.2, 0.25) is 0 Å². The highest BCUT2D eigenvalue weighted by atomic mass is 35.5. The summed E-state index contributed by atoms with van der Waals surface area (Å²) in [4.78, 5) is 3.74. The van der Waals surface area contributed by atoms with Crippen molar-refractivity contribution in [1.29, 1.82) is 0 Å². The Morgan fingerprint density at radius 2 is 2.62 bits per heavy atom. The van der Waals surface area contributed by atoms with Gasteiger partial charge in [-0.2, -0.15) is 0 Å². The number of hydrogen-bond acceptors (Lipinski definition) is 1. The van der Waals surface area contributed by atoms with Crippen LogP contribution in [0, 0.1) is 0 Å². The van der Waals surface area contributed by atoms with Crippen LogP contribution in [-0.4, -0.2) is 9.55 Å². The average molecular weight is 129 g/mol. The molecule has 2 nitrogen and oxygen atoms in total. The first-order valence-corrected chi connectivity index (χ1v) is 2.52. The molecule has 0 spiro atoms. The minimum Gasteiger partial charge on any atom is -0.312 e. The Morgan fingerprint density at radius 1 is 1.88 bits per heavy atom. The summed E-state index contributed by atoms with van der Waals surface area (Å²) in [6, 6.07) is 0. The molecule has 1 rings (SSSR count). The van der Waals surface area contributed by atoms with Crippen molar-refractivity contribution >= 4 is 17.8 Å². The first-order valence-electron chi connectivity index (χ1n) is 2.14. The largest absolute Gasteiger partial charge is 0.312 e. The quantitative estimate of drug-likeness (QED) is 0.562. The summed E-state index contributed by atoms with van der Waals surface area (Å²) in [5.41, 5.74) is 0. The summed E-state index contributed by atoms with van der Waals surface area (Å²) in [6.45, 7) is 3.51. The predicted octanol–water partition coefficient (Wildman–Crippen LogP) is 1.64. The van der Waals surface area contributed by atoms with Gasteiger partial charge in [0.25, 0.3) is 0 Å². The van der Waals surface area contributed by atoms with Gasteiger partial charge in [0, 0.05) is 12.4 Å². The van der Waals surface area contributed by atoms with Crippen LogP contribution < -0.4 is 0 Å². The highest BCUT2D eigenvalue weighted by molar-refractivity contribution is 6.29. The van der Waals surface area contributed by atoms with E-state index in [1.807, 2.05) is 0 Å². The molecule has 3 heteroatoms. The lowest BCUT2D eigenvalue weighted by molar-refractivity contribution is 1.14. The maximum absolute atomic E-state index is 5.46. The highest BCUT2D eigenvalue weighted by Gasteiger charge is 1.86. The Balaban J connectivity index is 3.00. The van der Waals surface area contributed by atoms with Gasteiger partial charge < -0.3 is 4.57 Å². The van der Waals surface area contributed by atoms with Gasteiger partial charge in [-0.25, -0.2) is 4.98 Å². The Labute approximate surface area is 52.4 Å². The number of halogens is 1. The Kier molecular flexibility index (Phi) is 1.35. The van der Waals surface area contributed by atoms with E-state index in [-0.39, 0.29) is 0 Å². The van der Waals surface area contributed by atoms with Crippen molar-refractivity contribution in [2.24, 2.45) is 0 Å². The maximum Gasteiger partial charge on any atom is 0.147 e. The zero-order valence-electron chi connectivity index (χ0n) is 4.21. The molecule has 0 saturated carbocycles. The van der Waals surface area contributed by atoms with E-state index in [9.17, 15) is 0 Å². The van der Waals surface area contributed by atoms with Gasteiger partial charge in [0.1, 0.15) is 11.5 Å². The van der Waals surface area contributed by atoms with Crippen molar-refractivity contribution in [1.82, 2.24) is 9.55 Å². The standard InChI is InChI=1S/C5H5ClN2/c1-2-8-3-5(6)7-4-8/h2-4H,1H2. The normalized spacial score (nSPS) is 9.12. The lowest BCUT2D eigenvalue weighted by Crippen LogP contribution is -1.73. The Bertz CT molecular complexity index is 192. The molecule has 0 fully saturated rings. The first kappa shape index (κ1) is 5.38. The second kappa shape index (κ2) is 2.01. The molecule has 0 saturated heterocycles. The lowest BCUT2D eigenvalue weighted by Gasteiger charge is -1.81. The topological polar surface area (TPSA) is 17.8 Å². The summed E-state index contributed by atoms with van der Waals surface area (Å²) in [5, 5.41) is 0.491. The molecule has 0 aliphatic carbocycles.